The number of ketones is 1. The zero-order valence-electron chi connectivity index (χ0n) is 15.3. The lowest BCUT2D eigenvalue weighted by molar-refractivity contribution is 0.104. The fraction of sp³-hybridized carbons (Fsp3) is 0.182. The minimum atomic E-state index is -0.0569. The smallest absolute Gasteiger partial charge is 0.185 e. The van der Waals surface area contributed by atoms with E-state index in [1.54, 1.807) is 25.3 Å². The molecule has 3 aromatic rings. The van der Waals surface area contributed by atoms with Crippen LogP contribution in [0.15, 0.2) is 60.7 Å². The highest BCUT2D eigenvalue weighted by Crippen LogP contribution is 2.18. The molecule has 26 heavy (non-hydrogen) atoms. The molecule has 0 saturated heterocycles. The highest BCUT2D eigenvalue weighted by atomic mass is 16.5. The van der Waals surface area contributed by atoms with Gasteiger partial charge in [-0.2, -0.15) is 5.10 Å². The maximum Gasteiger partial charge on any atom is 0.185 e. The number of aryl methyl sites for hydroxylation is 1. The Kier molecular flexibility index (Phi) is 5.32. The SMILES string of the molecule is COc1cccc(C(=O)C=Cc2c(C)nn(Cc3ccccc3)c2C)c1. The number of hydrogen-bond donors (Lipinski definition) is 0. The van der Waals surface area contributed by atoms with E-state index in [2.05, 4.69) is 17.2 Å². The predicted molar refractivity (Wildman–Crippen MR) is 104 cm³/mol. The molecule has 0 radical (unpaired) electrons. The molecular weight excluding hydrogens is 324 g/mol. The summed E-state index contributed by atoms with van der Waals surface area (Å²) in [7, 11) is 1.59. The summed E-state index contributed by atoms with van der Waals surface area (Å²) >= 11 is 0. The van der Waals surface area contributed by atoms with Crippen molar-refractivity contribution >= 4 is 11.9 Å². The van der Waals surface area contributed by atoms with Gasteiger partial charge in [0.2, 0.25) is 0 Å². The van der Waals surface area contributed by atoms with Gasteiger partial charge in [0.15, 0.2) is 5.78 Å². The third kappa shape index (κ3) is 3.91. The minimum absolute atomic E-state index is 0.0569. The van der Waals surface area contributed by atoms with E-state index in [0.717, 1.165) is 17.0 Å². The van der Waals surface area contributed by atoms with Crippen LogP contribution >= 0.6 is 0 Å². The average Bonchev–Trinajstić information content (AvgIpc) is 2.93. The number of hydrogen-bond acceptors (Lipinski definition) is 3. The van der Waals surface area contributed by atoms with Crippen LogP contribution in [0.3, 0.4) is 0 Å². The van der Waals surface area contributed by atoms with Gasteiger partial charge in [-0.15, -0.1) is 0 Å². The molecule has 1 heterocycles. The Morgan fingerprint density at radius 1 is 1.12 bits per heavy atom. The van der Waals surface area contributed by atoms with Crippen LogP contribution in [0, 0.1) is 13.8 Å². The number of carbonyl (C=O) groups is 1. The summed E-state index contributed by atoms with van der Waals surface area (Å²) in [6, 6.07) is 17.4. The van der Waals surface area contributed by atoms with E-state index in [1.165, 1.54) is 5.56 Å². The van der Waals surface area contributed by atoms with Crippen LogP contribution < -0.4 is 4.74 Å². The molecule has 4 nitrogen and oxygen atoms in total. The monoisotopic (exact) mass is 346 g/mol. The van der Waals surface area contributed by atoms with Crippen LogP contribution in [0.2, 0.25) is 0 Å². The molecule has 0 aliphatic rings. The predicted octanol–water partition coefficient (Wildman–Crippen LogP) is 4.45. The van der Waals surface area contributed by atoms with Crippen LogP contribution in [-0.2, 0) is 6.54 Å². The molecule has 0 fully saturated rings. The van der Waals surface area contributed by atoms with E-state index in [9.17, 15) is 4.79 Å². The molecule has 0 unspecified atom stereocenters. The Morgan fingerprint density at radius 3 is 2.62 bits per heavy atom. The van der Waals surface area contributed by atoms with E-state index in [4.69, 9.17) is 4.74 Å². The number of nitrogens with zero attached hydrogens (tertiary/aromatic N) is 2. The van der Waals surface area contributed by atoms with Gasteiger partial charge in [0.25, 0.3) is 0 Å². The van der Waals surface area contributed by atoms with E-state index in [1.807, 2.05) is 54.9 Å². The fourth-order valence-electron chi connectivity index (χ4n) is 2.89. The standard InChI is InChI=1S/C22H22N2O2/c1-16-21(12-13-22(25)19-10-7-11-20(14-19)26-3)17(2)24(23-16)15-18-8-5-4-6-9-18/h4-14H,15H2,1-3H3. The van der Waals surface area contributed by atoms with Crippen LogP contribution in [0.1, 0.15) is 32.9 Å². The van der Waals surface area contributed by atoms with E-state index >= 15 is 0 Å². The molecule has 0 aliphatic carbocycles. The number of carbonyl (C=O) groups excluding carboxylic acids is 1. The zero-order valence-corrected chi connectivity index (χ0v) is 15.3. The summed E-state index contributed by atoms with van der Waals surface area (Å²) in [6.45, 7) is 4.70. The van der Waals surface area contributed by atoms with Crippen LogP contribution in [0.4, 0.5) is 0 Å². The average molecular weight is 346 g/mol. The summed E-state index contributed by atoms with van der Waals surface area (Å²) in [5.74, 6) is 0.616. The van der Waals surface area contributed by atoms with Crippen molar-refractivity contribution in [2.45, 2.75) is 20.4 Å². The molecule has 3 rings (SSSR count). The quantitative estimate of drug-likeness (QED) is 0.489. The summed E-state index contributed by atoms with van der Waals surface area (Å²) in [6.07, 6.45) is 3.44. The Balaban J connectivity index is 1.81. The molecule has 2 aromatic carbocycles. The maximum atomic E-state index is 12.4. The van der Waals surface area contributed by atoms with Gasteiger partial charge in [-0.25, -0.2) is 0 Å². The summed E-state index contributed by atoms with van der Waals surface area (Å²) in [5, 5.41) is 4.62. The van der Waals surface area contributed by atoms with Crippen molar-refractivity contribution in [2.24, 2.45) is 0 Å². The first-order valence-corrected chi connectivity index (χ1v) is 8.53. The van der Waals surface area contributed by atoms with E-state index < -0.39 is 0 Å². The van der Waals surface area contributed by atoms with Crippen molar-refractivity contribution in [2.75, 3.05) is 7.11 Å². The van der Waals surface area contributed by atoms with Crippen molar-refractivity contribution in [1.29, 1.82) is 0 Å². The topological polar surface area (TPSA) is 44.1 Å². The number of aromatic nitrogens is 2. The first kappa shape index (κ1) is 17.7. The summed E-state index contributed by atoms with van der Waals surface area (Å²) in [4.78, 5) is 12.4. The van der Waals surface area contributed by atoms with Crippen LogP contribution in [0.25, 0.3) is 6.08 Å². The molecule has 1 aromatic heterocycles. The lowest BCUT2D eigenvalue weighted by atomic mass is 10.1. The molecule has 0 bridgehead atoms. The highest BCUT2D eigenvalue weighted by molar-refractivity contribution is 6.07. The molecule has 0 N–H and O–H groups in total. The van der Waals surface area contributed by atoms with Crippen LogP contribution in [0.5, 0.6) is 5.75 Å². The maximum absolute atomic E-state index is 12.4. The lowest BCUT2D eigenvalue weighted by Gasteiger charge is -2.04. The first-order chi connectivity index (χ1) is 12.6. The summed E-state index contributed by atoms with van der Waals surface area (Å²) in [5.41, 5.74) is 4.74. The molecule has 132 valence electrons. The highest BCUT2D eigenvalue weighted by Gasteiger charge is 2.10. The minimum Gasteiger partial charge on any atom is -0.497 e. The zero-order chi connectivity index (χ0) is 18.5. The molecular formula is C22H22N2O2. The van der Waals surface area contributed by atoms with Crippen LogP contribution in [-0.4, -0.2) is 22.7 Å². The summed E-state index contributed by atoms with van der Waals surface area (Å²) < 4.78 is 7.15. The molecule has 0 spiro atoms. The number of rotatable bonds is 6. The first-order valence-electron chi connectivity index (χ1n) is 8.53. The lowest BCUT2D eigenvalue weighted by Crippen LogP contribution is -2.03. The van der Waals surface area contributed by atoms with Crippen molar-refractivity contribution < 1.29 is 9.53 Å². The third-order valence-electron chi connectivity index (χ3n) is 4.37. The number of benzene rings is 2. The second-order valence-corrected chi connectivity index (χ2v) is 6.16. The van der Waals surface area contributed by atoms with Gasteiger partial charge < -0.3 is 4.74 Å². The van der Waals surface area contributed by atoms with Crippen molar-refractivity contribution in [3.63, 3.8) is 0 Å². The van der Waals surface area contributed by atoms with Gasteiger partial charge >= 0.3 is 0 Å². The molecule has 4 heteroatoms. The second-order valence-electron chi connectivity index (χ2n) is 6.16. The van der Waals surface area contributed by atoms with Crippen molar-refractivity contribution in [3.05, 3.63) is 88.8 Å². The number of ether oxygens (including phenoxy) is 1. The third-order valence-corrected chi connectivity index (χ3v) is 4.37. The Labute approximate surface area is 153 Å². The largest absolute Gasteiger partial charge is 0.497 e. The van der Waals surface area contributed by atoms with Gasteiger partial charge in [-0.1, -0.05) is 42.5 Å². The van der Waals surface area contributed by atoms with Crippen molar-refractivity contribution in [3.8, 4) is 5.75 Å². The van der Waals surface area contributed by atoms with E-state index in [-0.39, 0.29) is 5.78 Å². The Hall–Kier alpha value is -3.14. The van der Waals surface area contributed by atoms with Gasteiger partial charge in [-0.3, -0.25) is 9.48 Å². The fourth-order valence-corrected chi connectivity index (χ4v) is 2.89. The molecule has 0 atom stereocenters. The molecule has 0 aliphatic heterocycles. The normalized spacial score (nSPS) is 11.0. The van der Waals surface area contributed by atoms with Gasteiger partial charge in [0, 0.05) is 16.8 Å². The van der Waals surface area contributed by atoms with Crippen molar-refractivity contribution in [1.82, 2.24) is 9.78 Å². The number of allylic oxidation sites excluding steroid dienone is 1. The Morgan fingerprint density at radius 2 is 1.88 bits per heavy atom. The molecule has 0 saturated carbocycles. The van der Waals surface area contributed by atoms with Gasteiger partial charge in [0.1, 0.15) is 5.75 Å². The molecule has 0 amide bonds. The number of methoxy groups -OCH3 is 1. The van der Waals surface area contributed by atoms with Gasteiger partial charge in [-0.05, 0) is 43.7 Å². The van der Waals surface area contributed by atoms with E-state index in [0.29, 0.717) is 17.9 Å². The van der Waals surface area contributed by atoms with Gasteiger partial charge in [0.05, 0.1) is 19.3 Å². The second kappa shape index (κ2) is 7.83. The Bertz CT molecular complexity index is 940.